The van der Waals surface area contributed by atoms with E-state index in [9.17, 15) is 19.8 Å². The lowest BCUT2D eigenvalue weighted by molar-refractivity contribution is -0.129. The lowest BCUT2D eigenvalue weighted by atomic mass is 9.71. The highest BCUT2D eigenvalue weighted by Gasteiger charge is 2.36. The Kier molecular flexibility index (Phi) is 19.7. The van der Waals surface area contributed by atoms with Crippen molar-refractivity contribution in [2.45, 2.75) is 138 Å². The molecule has 0 saturated heterocycles. The van der Waals surface area contributed by atoms with Crippen molar-refractivity contribution < 1.29 is 19.8 Å². The van der Waals surface area contributed by atoms with Crippen molar-refractivity contribution in [1.82, 2.24) is 0 Å². The lowest BCUT2D eigenvalue weighted by Crippen LogP contribution is -2.38. The molecule has 0 aromatic carbocycles. The summed E-state index contributed by atoms with van der Waals surface area (Å²) in [4.78, 5) is 23.0. The zero-order valence-electron chi connectivity index (χ0n) is 23.6. The molecule has 7 unspecified atom stereocenters. The maximum atomic E-state index is 11.7. The Labute approximate surface area is 210 Å². The van der Waals surface area contributed by atoms with E-state index in [1.807, 2.05) is 20.8 Å². The Balaban J connectivity index is 0. The van der Waals surface area contributed by atoms with Crippen LogP contribution in [0.25, 0.3) is 0 Å². The van der Waals surface area contributed by atoms with E-state index < -0.39 is 0 Å². The number of amides is 2. The maximum Gasteiger partial charge on any atom is 0.223 e. The van der Waals surface area contributed by atoms with Crippen LogP contribution < -0.4 is 11.5 Å². The third-order valence-corrected chi connectivity index (χ3v) is 7.86. The van der Waals surface area contributed by atoms with E-state index in [1.54, 1.807) is 6.92 Å². The molecule has 7 atom stereocenters. The average Bonchev–Trinajstić information content (AvgIpc) is 2.79. The molecule has 0 bridgehead atoms. The number of aliphatic hydroxyl groups is 2. The van der Waals surface area contributed by atoms with Gasteiger partial charge in [0, 0.05) is 11.3 Å². The molecule has 0 radical (unpaired) electrons. The molecule has 0 aliphatic heterocycles. The second-order valence-corrected chi connectivity index (χ2v) is 10.3. The minimum absolute atomic E-state index is 0.0435. The van der Waals surface area contributed by atoms with Gasteiger partial charge in [-0.25, -0.2) is 0 Å². The monoisotopic (exact) mass is 486 g/mol. The van der Waals surface area contributed by atoms with Crippen LogP contribution in [0.3, 0.4) is 0 Å². The first-order valence-electron chi connectivity index (χ1n) is 13.9. The van der Waals surface area contributed by atoms with Crippen LogP contribution in [0.5, 0.6) is 0 Å². The van der Waals surface area contributed by atoms with Crippen LogP contribution in [0.15, 0.2) is 0 Å². The summed E-state index contributed by atoms with van der Waals surface area (Å²) in [6.07, 6.45) is 8.99. The van der Waals surface area contributed by atoms with Crippen molar-refractivity contribution in [3.63, 3.8) is 0 Å². The van der Waals surface area contributed by atoms with Crippen LogP contribution in [-0.2, 0) is 9.59 Å². The quantitative estimate of drug-likeness (QED) is 0.202. The summed E-state index contributed by atoms with van der Waals surface area (Å²) in [5.74, 6) is 0.649. The molecule has 0 heterocycles. The number of hydrogen-bond acceptors (Lipinski definition) is 4. The third kappa shape index (κ3) is 12.5. The number of nitrogens with two attached hydrogens (primary N) is 2. The van der Waals surface area contributed by atoms with Crippen molar-refractivity contribution in [1.29, 1.82) is 0 Å². The Morgan fingerprint density at radius 1 is 0.824 bits per heavy atom. The van der Waals surface area contributed by atoms with Crippen molar-refractivity contribution in [3.05, 3.63) is 0 Å². The molecule has 6 heteroatoms. The zero-order chi connectivity index (χ0) is 26.9. The van der Waals surface area contributed by atoms with E-state index in [2.05, 4.69) is 27.7 Å². The minimum atomic E-state index is -0.371. The molecule has 0 spiro atoms. The van der Waals surface area contributed by atoms with Crippen LogP contribution >= 0.6 is 0 Å². The number of aliphatic hydroxyl groups excluding tert-OH is 2. The fraction of sp³-hybridized carbons (Fsp3) is 0.929. The lowest BCUT2D eigenvalue weighted by Gasteiger charge is -2.33. The molecule has 0 aliphatic carbocycles. The fourth-order valence-corrected chi connectivity index (χ4v) is 5.45. The van der Waals surface area contributed by atoms with Crippen molar-refractivity contribution in [2.24, 2.45) is 40.6 Å². The van der Waals surface area contributed by atoms with Gasteiger partial charge in [-0.1, -0.05) is 74.1 Å². The van der Waals surface area contributed by atoms with Gasteiger partial charge in [-0.15, -0.1) is 0 Å². The topological polar surface area (TPSA) is 127 Å². The minimum Gasteiger partial charge on any atom is -0.393 e. The molecule has 2 amide bonds. The van der Waals surface area contributed by atoms with Crippen molar-refractivity contribution in [2.75, 3.05) is 0 Å². The molecule has 0 rings (SSSR count). The summed E-state index contributed by atoms with van der Waals surface area (Å²) in [7, 11) is 0. The third-order valence-electron chi connectivity index (χ3n) is 7.86. The molecular formula is C28H58N2O4. The highest BCUT2D eigenvalue weighted by Crippen LogP contribution is 2.37. The van der Waals surface area contributed by atoms with Gasteiger partial charge in [-0.2, -0.15) is 0 Å². The van der Waals surface area contributed by atoms with Crippen LogP contribution in [-0.4, -0.2) is 34.2 Å². The molecule has 0 aliphatic rings. The van der Waals surface area contributed by atoms with Gasteiger partial charge in [0.25, 0.3) is 0 Å². The van der Waals surface area contributed by atoms with Gasteiger partial charge >= 0.3 is 0 Å². The van der Waals surface area contributed by atoms with Gasteiger partial charge in [0.15, 0.2) is 0 Å². The second kappa shape index (κ2) is 19.1. The summed E-state index contributed by atoms with van der Waals surface area (Å²) >= 11 is 0. The Morgan fingerprint density at radius 2 is 1.41 bits per heavy atom. The summed E-state index contributed by atoms with van der Waals surface area (Å²) in [6, 6.07) is 0. The number of rotatable bonds is 18. The molecule has 34 heavy (non-hydrogen) atoms. The SMILES string of the molecule is CCC(CC(CC)C(CC)C(O)CC)C(N)=O.CCCC(CC)(CC(CC)CC(C)O)C(N)=O. The van der Waals surface area contributed by atoms with Crippen LogP contribution in [0.1, 0.15) is 126 Å². The number of hydrogen-bond donors (Lipinski definition) is 4. The second-order valence-electron chi connectivity index (χ2n) is 10.3. The highest BCUT2D eigenvalue weighted by molar-refractivity contribution is 5.80. The largest absolute Gasteiger partial charge is 0.393 e. The molecule has 6 nitrogen and oxygen atoms in total. The molecule has 0 aromatic heterocycles. The van der Waals surface area contributed by atoms with Crippen LogP contribution in [0.4, 0.5) is 0 Å². The molecule has 6 N–H and O–H groups in total. The zero-order valence-corrected chi connectivity index (χ0v) is 23.6. The highest BCUT2D eigenvalue weighted by atomic mass is 16.3. The van der Waals surface area contributed by atoms with Crippen molar-refractivity contribution in [3.8, 4) is 0 Å². The Morgan fingerprint density at radius 3 is 1.71 bits per heavy atom. The number of carbonyl (C=O) groups excluding carboxylic acids is 2. The van der Waals surface area contributed by atoms with E-state index in [1.165, 1.54) is 0 Å². The number of primary amides is 2. The molecule has 0 aromatic rings. The standard InChI is InChI=1S/2C14H29NO2/c1-5-8-14(7-3,13(15)17)10-12(6-2)9-11(4)16;1-5-10(9-11(6-2)14(15)17)12(7-3)13(16)8-4/h11-12,16H,5-10H2,1-4H3,(H2,15,17);10-13,16H,5-9H2,1-4H3,(H2,15,17). The molecule has 0 saturated carbocycles. The van der Waals surface area contributed by atoms with E-state index in [0.717, 1.165) is 70.6 Å². The maximum absolute atomic E-state index is 11.7. The van der Waals surface area contributed by atoms with Gasteiger partial charge < -0.3 is 21.7 Å². The molecular weight excluding hydrogens is 428 g/mol. The number of carbonyl (C=O) groups is 2. The van der Waals surface area contributed by atoms with E-state index >= 15 is 0 Å². The van der Waals surface area contributed by atoms with Crippen LogP contribution in [0, 0.1) is 29.1 Å². The summed E-state index contributed by atoms with van der Waals surface area (Å²) < 4.78 is 0. The Hall–Kier alpha value is -1.14. The predicted octanol–water partition coefficient (Wildman–Crippen LogP) is 5.57. The summed E-state index contributed by atoms with van der Waals surface area (Å²) in [6.45, 7) is 16.3. The first kappa shape index (κ1) is 35.0. The van der Waals surface area contributed by atoms with Gasteiger partial charge in [0.05, 0.1) is 12.2 Å². The van der Waals surface area contributed by atoms with Gasteiger partial charge in [-0.3, -0.25) is 9.59 Å². The molecule has 0 fully saturated rings. The van der Waals surface area contributed by atoms with Gasteiger partial charge in [0.2, 0.25) is 11.8 Å². The fourth-order valence-electron chi connectivity index (χ4n) is 5.45. The summed E-state index contributed by atoms with van der Waals surface area (Å²) in [5, 5.41) is 19.5. The first-order chi connectivity index (χ1) is 15.9. The smallest absolute Gasteiger partial charge is 0.223 e. The first-order valence-corrected chi connectivity index (χ1v) is 13.9. The van der Waals surface area contributed by atoms with E-state index in [-0.39, 0.29) is 35.4 Å². The van der Waals surface area contributed by atoms with Gasteiger partial charge in [-0.05, 0) is 69.6 Å². The summed E-state index contributed by atoms with van der Waals surface area (Å²) in [5.41, 5.74) is 10.6. The Bertz CT molecular complexity index is 540. The van der Waals surface area contributed by atoms with Crippen molar-refractivity contribution >= 4 is 11.8 Å². The molecule has 204 valence electrons. The van der Waals surface area contributed by atoms with E-state index in [0.29, 0.717) is 17.8 Å². The predicted molar refractivity (Wildman–Crippen MR) is 143 cm³/mol. The van der Waals surface area contributed by atoms with Crippen LogP contribution in [0.2, 0.25) is 0 Å². The average molecular weight is 487 g/mol. The van der Waals surface area contributed by atoms with E-state index in [4.69, 9.17) is 11.5 Å². The normalized spacial score (nSPS) is 18.4. The van der Waals surface area contributed by atoms with Gasteiger partial charge in [0.1, 0.15) is 0 Å².